The van der Waals surface area contributed by atoms with Gasteiger partial charge in [-0.25, -0.2) is 9.18 Å². The summed E-state index contributed by atoms with van der Waals surface area (Å²) in [6.45, 7) is 0. The van der Waals surface area contributed by atoms with E-state index in [4.69, 9.17) is 5.11 Å². The van der Waals surface area contributed by atoms with Crippen molar-refractivity contribution in [3.63, 3.8) is 0 Å². The van der Waals surface area contributed by atoms with Crippen molar-refractivity contribution in [3.05, 3.63) is 19.2 Å². The van der Waals surface area contributed by atoms with E-state index in [-0.39, 0.29) is 4.88 Å². The van der Waals surface area contributed by atoms with Gasteiger partial charge in [-0.1, -0.05) is 0 Å². The molecular weight excluding hydrogens is 343 g/mol. The van der Waals surface area contributed by atoms with Gasteiger partial charge in [-0.05, 0) is 37.9 Å². The molecule has 14 heavy (non-hydrogen) atoms. The van der Waals surface area contributed by atoms with Crippen LogP contribution in [0.2, 0.25) is 0 Å². The van der Waals surface area contributed by atoms with Gasteiger partial charge in [-0.15, -0.1) is 11.3 Å². The van der Waals surface area contributed by atoms with Crippen LogP contribution in [0.25, 0.3) is 0 Å². The molecule has 0 radical (unpaired) electrons. The lowest BCUT2D eigenvalue weighted by atomic mass is 10.2. The summed E-state index contributed by atoms with van der Waals surface area (Å²) in [5.74, 6) is -1.67. The molecule has 0 saturated heterocycles. The van der Waals surface area contributed by atoms with Crippen LogP contribution >= 0.6 is 43.2 Å². The standard InChI is InChI=1S/C7H5Br2FO3S/c8-2-1-3(14-6(2)9)5(11)4(10)7(12)13/h1,4-5,11H,(H,12,13). The molecule has 1 rings (SSSR count). The Bertz CT molecular complexity index is 335. The molecule has 0 fully saturated rings. The molecule has 1 heterocycles. The van der Waals surface area contributed by atoms with Gasteiger partial charge in [0.1, 0.15) is 6.10 Å². The number of hydrogen-bond acceptors (Lipinski definition) is 3. The Morgan fingerprint density at radius 1 is 1.57 bits per heavy atom. The summed E-state index contributed by atoms with van der Waals surface area (Å²) in [6.07, 6.45) is -3.92. The van der Waals surface area contributed by atoms with Crippen LogP contribution in [0.15, 0.2) is 14.3 Å². The Kier molecular flexibility index (Phi) is 4.05. The molecule has 0 aliphatic heterocycles. The van der Waals surface area contributed by atoms with E-state index in [1.807, 2.05) is 0 Å². The highest BCUT2D eigenvalue weighted by Gasteiger charge is 2.29. The summed E-state index contributed by atoms with van der Waals surface area (Å²) in [5, 5.41) is 17.6. The van der Waals surface area contributed by atoms with Gasteiger partial charge in [0, 0.05) is 9.35 Å². The fourth-order valence-electron chi connectivity index (χ4n) is 0.788. The highest BCUT2D eigenvalue weighted by molar-refractivity contribution is 9.13. The summed E-state index contributed by atoms with van der Waals surface area (Å²) in [6, 6.07) is 1.48. The van der Waals surface area contributed by atoms with Gasteiger partial charge in [0.05, 0.1) is 3.79 Å². The number of rotatable bonds is 3. The molecular formula is C7H5Br2FO3S. The topological polar surface area (TPSA) is 57.5 Å². The summed E-state index contributed by atoms with van der Waals surface area (Å²) < 4.78 is 14.2. The molecule has 2 unspecified atom stereocenters. The zero-order valence-corrected chi connectivity index (χ0v) is 10.6. The highest BCUT2D eigenvalue weighted by Crippen LogP contribution is 2.36. The number of carboxylic acids is 1. The molecule has 0 saturated carbocycles. The van der Waals surface area contributed by atoms with E-state index < -0.39 is 18.2 Å². The van der Waals surface area contributed by atoms with Gasteiger partial charge in [0.25, 0.3) is 0 Å². The average molecular weight is 348 g/mol. The molecule has 2 atom stereocenters. The maximum Gasteiger partial charge on any atom is 0.341 e. The third-order valence-corrected chi connectivity index (χ3v) is 4.80. The molecule has 0 aromatic carbocycles. The Morgan fingerprint density at radius 2 is 2.14 bits per heavy atom. The maximum atomic E-state index is 12.9. The van der Waals surface area contributed by atoms with Crippen molar-refractivity contribution in [1.29, 1.82) is 0 Å². The smallest absolute Gasteiger partial charge is 0.341 e. The molecule has 0 amide bonds. The zero-order valence-electron chi connectivity index (χ0n) is 6.58. The molecule has 2 N–H and O–H groups in total. The van der Waals surface area contributed by atoms with Crippen LogP contribution < -0.4 is 0 Å². The lowest BCUT2D eigenvalue weighted by molar-refractivity contribution is -0.147. The molecule has 0 aliphatic carbocycles. The Balaban J connectivity index is 2.89. The number of hydrogen-bond donors (Lipinski definition) is 2. The van der Waals surface area contributed by atoms with Crippen molar-refractivity contribution in [3.8, 4) is 0 Å². The summed E-state index contributed by atoms with van der Waals surface area (Å²) in [7, 11) is 0. The Labute approximate surface area is 99.8 Å². The second kappa shape index (κ2) is 4.69. The van der Waals surface area contributed by atoms with E-state index >= 15 is 0 Å². The number of thiophene rings is 1. The lowest BCUT2D eigenvalue weighted by Gasteiger charge is -2.08. The van der Waals surface area contributed by atoms with Gasteiger partial charge in [-0.2, -0.15) is 0 Å². The van der Waals surface area contributed by atoms with Crippen LogP contribution in [0.1, 0.15) is 11.0 Å². The molecule has 1 aromatic rings. The molecule has 1 aromatic heterocycles. The first-order valence-corrected chi connectivity index (χ1v) is 5.83. The van der Waals surface area contributed by atoms with Crippen LogP contribution in [0.5, 0.6) is 0 Å². The van der Waals surface area contributed by atoms with Crippen LogP contribution in [-0.4, -0.2) is 22.4 Å². The Morgan fingerprint density at radius 3 is 2.50 bits per heavy atom. The largest absolute Gasteiger partial charge is 0.479 e. The van der Waals surface area contributed by atoms with Gasteiger partial charge < -0.3 is 10.2 Å². The van der Waals surface area contributed by atoms with Gasteiger partial charge >= 0.3 is 5.97 Å². The normalized spacial score (nSPS) is 15.1. The van der Waals surface area contributed by atoms with Crippen LogP contribution in [0.3, 0.4) is 0 Å². The minimum atomic E-state index is -2.30. The van der Waals surface area contributed by atoms with E-state index in [1.165, 1.54) is 6.07 Å². The van der Waals surface area contributed by atoms with E-state index in [1.54, 1.807) is 0 Å². The number of aliphatic carboxylic acids is 1. The summed E-state index contributed by atoms with van der Waals surface area (Å²) >= 11 is 7.40. The van der Waals surface area contributed by atoms with Crippen molar-refractivity contribution in [2.45, 2.75) is 12.3 Å². The van der Waals surface area contributed by atoms with Crippen molar-refractivity contribution < 1.29 is 19.4 Å². The highest BCUT2D eigenvalue weighted by atomic mass is 79.9. The second-order valence-electron chi connectivity index (χ2n) is 2.46. The van der Waals surface area contributed by atoms with Crippen LogP contribution in [0, 0.1) is 0 Å². The fourth-order valence-corrected chi connectivity index (χ4v) is 2.88. The van der Waals surface area contributed by atoms with E-state index in [0.717, 1.165) is 11.3 Å². The van der Waals surface area contributed by atoms with E-state index in [0.29, 0.717) is 8.26 Å². The maximum absolute atomic E-state index is 12.9. The third-order valence-electron chi connectivity index (χ3n) is 1.47. The zero-order chi connectivity index (χ0) is 10.9. The monoisotopic (exact) mass is 346 g/mol. The van der Waals surface area contributed by atoms with Crippen molar-refractivity contribution in [2.75, 3.05) is 0 Å². The van der Waals surface area contributed by atoms with Crippen molar-refractivity contribution in [1.82, 2.24) is 0 Å². The number of carbonyl (C=O) groups is 1. The molecule has 78 valence electrons. The SMILES string of the molecule is O=C(O)C(F)C(O)c1cc(Br)c(Br)s1. The summed E-state index contributed by atoms with van der Waals surface area (Å²) in [5.41, 5.74) is 0. The van der Waals surface area contributed by atoms with Crippen LogP contribution in [-0.2, 0) is 4.79 Å². The summed E-state index contributed by atoms with van der Waals surface area (Å²) in [4.78, 5) is 10.5. The number of alkyl halides is 1. The van der Waals surface area contributed by atoms with Crippen LogP contribution in [0.4, 0.5) is 4.39 Å². The van der Waals surface area contributed by atoms with E-state index in [2.05, 4.69) is 31.9 Å². The molecule has 3 nitrogen and oxygen atoms in total. The number of halogens is 3. The Hall–Kier alpha value is 0.0200. The minimum Gasteiger partial charge on any atom is -0.479 e. The molecule has 0 spiro atoms. The first kappa shape index (κ1) is 12.1. The molecule has 0 aliphatic rings. The number of aliphatic hydroxyl groups excluding tert-OH is 1. The number of carboxylic acid groups (broad SMARTS) is 1. The van der Waals surface area contributed by atoms with Gasteiger partial charge in [0.2, 0.25) is 6.17 Å². The first-order chi connectivity index (χ1) is 6.43. The van der Waals surface area contributed by atoms with Crippen molar-refractivity contribution >= 4 is 49.2 Å². The average Bonchev–Trinajstić information content (AvgIpc) is 2.44. The predicted molar refractivity (Wildman–Crippen MR) is 57.2 cm³/mol. The van der Waals surface area contributed by atoms with Gasteiger partial charge in [-0.3, -0.25) is 0 Å². The third kappa shape index (κ3) is 2.53. The predicted octanol–water partition coefficient (Wildman–Crippen LogP) is 2.73. The second-order valence-corrected chi connectivity index (χ2v) is 5.71. The quantitative estimate of drug-likeness (QED) is 0.883. The van der Waals surface area contributed by atoms with Gasteiger partial charge in [0.15, 0.2) is 0 Å². The van der Waals surface area contributed by atoms with E-state index in [9.17, 15) is 14.3 Å². The first-order valence-electron chi connectivity index (χ1n) is 3.43. The minimum absolute atomic E-state index is 0.263. The molecule has 7 heteroatoms. The molecule has 0 bridgehead atoms. The van der Waals surface area contributed by atoms with Crippen molar-refractivity contribution in [2.24, 2.45) is 0 Å². The fraction of sp³-hybridized carbons (Fsp3) is 0.286. The number of aliphatic hydroxyl groups is 1. The lowest BCUT2D eigenvalue weighted by Crippen LogP contribution is -2.22.